The Morgan fingerprint density at radius 1 is 1.20 bits per heavy atom. The number of hydrogen-bond acceptors (Lipinski definition) is 2. The van der Waals surface area contributed by atoms with Crippen molar-refractivity contribution in [2.75, 3.05) is 13.6 Å². The minimum absolute atomic E-state index is 0.0274. The van der Waals surface area contributed by atoms with Gasteiger partial charge in [0.2, 0.25) is 0 Å². The van der Waals surface area contributed by atoms with Crippen LogP contribution in [-0.4, -0.2) is 19.5 Å². The van der Waals surface area contributed by atoms with Crippen molar-refractivity contribution in [3.05, 3.63) is 35.4 Å². The van der Waals surface area contributed by atoms with Crippen LogP contribution >= 0.6 is 0 Å². The molecule has 2 N–H and O–H groups in total. The fourth-order valence-corrected chi connectivity index (χ4v) is 3.17. The quantitative estimate of drug-likeness (QED) is 0.837. The lowest BCUT2D eigenvalue weighted by Crippen LogP contribution is -2.31. The molecule has 0 unspecified atom stereocenters. The van der Waals surface area contributed by atoms with Gasteiger partial charge >= 0.3 is 0 Å². The first-order valence-corrected chi connectivity index (χ1v) is 7.71. The third-order valence-corrected chi connectivity index (χ3v) is 4.69. The SMILES string of the molecule is CCC1(CNCc2ccc(C(=O)NC)cc2)CCCC1. The van der Waals surface area contributed by atoms with Gasteiger partial charge in [0.25, 0.3) is 5.91 Å². The Morgan fingerprint density at radius 2 is 1.85 bits per heavy atom. The topological polar surface area (TPSA) is 41.1 Å². The van der Waals surface area contributed by atoms with Crippen LogP contribution in [0.4, 0.5) is 0 Å². The van der Waals surface area contributed by atoms with Gasteiger partial charge in [-0.3, -0.25) is 4.79 Å². The van der Waals surface area contributed by atoms with Crippen molar-refractivity contribution < 1.29 is 4.79 Å². The Kier molecular flexibility index (Phi) is 5.18. The number of nitrogens with one attached hydrogen (secondary N) is 2. The Bertz CT molecular complexity index is 433. The summed E-state index contributed by atoms with van der Waals surface area (Å²) in [6.07, 6.45) is 6.78. The lowest BCUT2D eigenvalue weighted by molar-refractivity contribution is 0.0963. The maximum Gasteiger partial charge on any atom is 0.251 e. The summed E-state index contributed by atoms with van der Waals surface area (Å²) in [5, 5.41) is 6.24. The monoisotopic (exact) mass is 274 g/mol. The second-order valence-corrected chi connectivity index (χ2v) is 5.94. The largest absolute Gasteiger partial charge is 0.355 e. The summed E-state index contributed by atoms with van der Waals surface area (Å²) in [6, 6.07) is 7.84. The van der Waals surface area contributed by atoms with Gasteiger partial charge in [-0.2, -0.15) is 0 Å². The van der Waals surface area contributed by atoms with Crippen molar-refractivity contribution in [3.8, 4) is 0 Å². The van der Waals surface area contributed by atoms with E-state index in [-0.39, 0.29) is 5.91 Å². The molecule has 2 rings (SSSR count). The molecule has 0 heterocycles. The Balaban J connectivity index is 1.83. The van der Waals surface area contributed by atoms with Gasteiger partial charge in [0.15, 0.2) is 0 Å². The van der Waals surface area contributed by atoms with Crippen LogP contribution in [0.1, 0.15) is 54.9 Å². The zero-order valence-electron chi connectivity index (χ0n) is 12.7. The highest BCUT2D eigenvalue weighted by Gasteiger charge is 2.31. The lowest BCUT2D eigenvalue weighted by Gasteiger charge is -2.27. The van der Waals surface area contributed by atoms with Crippen molar-refractivity contribution in [3.63, 3.8) is 0 Å². The minimum Gasteiger partial charge on any atom is -0.355 e. The first-order valence-electron chi connectivity index (χ1n) is 7.71. The van der Waals surface area contributed by atoms with Crippen LogP contribution in [-0.2, 0) is 6.54 Å². The van der Waals surface area contributed by atoms with Gasteiger partial charge in [-0.15, -0.1) is 0 Å². The molecule has 0 saturated heterocycles. The molecule has 1 fully saturated rings. The van der Waals surface area contributed by atoms with Crippen molar-refractivity contribution in [1.82, 2.24) is 10.6 Å². The number of rotatable bonds is 6. The molecule has 0 bridgehead atoms. The van der Waals surface area contributed by atoms with Crippen LogP contribution in [0.15, 0.2) is 24.3 Å². The second kappa shape index (κ2) is 6.89. The maximum absolute atomic E-state index is 11.5. The van der Waals surface area contributed by atoms with Crippen LogP contribution in [0.5, 0.6) is 0 Å². The van der Waals surface area contributed by atoms with Gasteiger partial charge < -0.3 is 10.6 Å². The first kappa shape index (κ1) is 15.0. The first-order chi connectivity index (χ1) is 9.69. The summed E-state index contributed by atoms with van der Waals surface area (Å²) >= 11 is 0. The summed E-state index contributed by atoms with van der Waals surface area (Å²) in [6.45, 7) is 4.31. The molecule has 1 aliphatic carbocycles. The smallest absolute Gasteiger partial charge is 0.251 e. The van der Waals surface area contributed by atoms with Crippen LogP contribution in [0, 0.1) is 5.41 Å². The van der Waals surface area contributed by atoms with E-state index in [2.05, 4.69) is 17.6 Å². The van der Waals surface area contributed by atoms with E-state index >= 15 is 0 Å². The average molecular weight is 274 g/mol. The molecule has 3 heteroatoms. The number of carbonyl (C=O) groups is 1. The van der Waals surface area contributed by atoms with Gasteiger partial charge in [0.05, 0.1) is 0 Å². The van der Waals surface area contributed by atoms with E-state index in [0.717, 1.165) is 18.7 Å². The van der Waals surface area contributed by atoms with Crippen molar-refractivity contribution >= 4 is 5.91 Å². The molecule has 1 aromatic rings. The zero-order valence-corrected chi connectivity index (χ0v) is 12.7. The normalized spacial score (nSPS) is 17.1. The predicted octanol–water partition coefficient (Wildman–Crippen LogP) is 3.11. The third kappa shape index (κ3) is 3.60. The van der Waals surface area contributed by atoms with E-state index in [1.54, 1.807) is 7.05 Å². The van der Waals surface area contributed by atoms with Gasteiger partial charge in [-0.1, -0.05) is 31.9 Å². The highest BCUT2D eigenvalue weighted by Crippen LogP contribution is 2.40. The molecular formula is C17H26N2O. The molecule has 1 aromatic carbocycles. The van der Waals surface area contributed by atoms with Gasteiger partial charge in [0, 0.05) is 25.7 Å². The number of amides is 1. The molecule has 0 radical (unpaired) electrons. The molecule has 1 saturated carbocycles. The van der Waals surface area contributed by atoms with E-state index in [4.69, 9.17) is 0 Å². The molecule has 0 spiro atoms. The van der Waals surface area contributed by atoms with E-state index in [1.165, 1.54) is 37.7 Å². The molecule has 20 heavy (non-hydrogen) atoms. The van der Waals surface area contributed by atoms with E-state index in [1.807, 2.05) is 24.3 Å². The van der Waals surface area contributed by atoms with E-state index < -0.39 is 0 Å². The van der Waals surface area contributed by atoms with Gasteiger partial charge in [-0.05, 0) is 42.4 Å². The van der Waals surface area contributed by atoms with Crippen LogP contribution < -0.4 is 10.6 Å². The fraction of sp³-hybridized carbons (Fsp3) is 0.588. The van der Waals surface area contributed by atoms with Crippen LogP contribution in [0.25, 0.3) is 0 Å². The fourth-order valence-electron chi connectivity index (χ4n) is 3.17. The molecule has 110 valence electrons. The number of hydrogen-bond donors (Lipinski definition) is 2. The molecule has 1 amide bonds. The van der Waals surface area contributed by atoms with Crippen molar-refractivity contribution in [1.29, 1.82) is 0 Å². The molecule has 0 aliphatic heterocycles. The Morgan fingerprint density at radius 3 is 2.40 bits per heavy atom. The Hall–Kier alpha value is -1.35. The third-order valence-electron chi connectivity index (χ3n) is 4.69. The minimum atomic E-state index is -0.0274. The summed E-state index contributed by atoms with van der Waals surface area (Å²) in [5.41, 5.74) is 2.49. The Labute approximate surface area is 122 Å². The molecule has 1 aliphatic rings. The molecular weight excluding hydrogens is 248 g/mol. The van der Waals surface area contributed by atoms with Gasteiger partial charge in [0.1, 0.15) is 0 Å². The molecule has 0 atom stereocenters. The van der Waals surface area contributed by atoms with E-state index in [0.29, 0.717) is 5.41 Å². The average Bonchev–Trinajstić information content (AvgIpc) is 2.96. The van der Waals surface area contributed by atoms with Crippen molar-refractivity contribution in [2.24, 2.45) is 5.41 Å². The summed E-state index contributed by atoms with van der Waals surface area (Å²) in [5.74, 6) is -0.0274. The van der Waals surface area contributed by atoms with Crippen molar-refractivity contribution in [2.45, 2.75) is 45.6 Å². The van der Waals surface area contributed by atoms with Crippen LogP contribution in [0.2, 0.25) is 0 Å². The zero-order chi connectivity index (χ0) is 14.4. The second-order valence-electron chi connectivity index (χ2n) is 5.94. The summed E-state index contributed by atoms with van der Waals surface area (Å²) in [4.78, 5) is 11.5. The predicted molar refractivity (Wildman–Crippen MR) is 82.7 cm³/mol. The highest BCUT2D eigenvalue weighted by molar-refractivity contribution is 5.93. The number of carbonyl (C=O) groups excluding carboxylic acids is 1. The lowest BCUT2D eigenvalue weighted by atomic mass is 9.83. The van der Waals surface area contributed by atoms with Gasteiger partial charge in [-0.25, -0.2) is 0 Å². The highest BCUT2D eigenvalue weighted by atomic mass is 16.1. The standard InChI is InChI=1S/C17H26N2O/c1-3-17(10-4-5-11-17)13-19-12-14-6-8-15(9-7-14)16(20)18-2/h6-9,19H,3-5,10-13H2,1-2H3,(H,18,20). The maximum atomic E-state index is 11.5. The molecule has 3 nitrogen and oxygen atoms in total. The molecule has 0 aromatic heterocycles. The number of benzene rings is 1. The summed E-state index contributed by atoms with van der Waals surface area (Å²) < 4.78 is 0. The van der Waals surface area contributed by atoms with Crippen LogP contribution in [0.3, 0.4) is 0 Å². The summed E-state index contributed by atoms with van der Waals surface area (Å²) in [7, 11) is 1.66. The van der Waals surface area contributed by atoms with E-state index in [9.17, 15) is 4.79 Å².